The van der Waals surface area contributed by atoms with Gasteiger partial charge in [0.1, 0.15) is 17.3 Å². The Morgan fingerprint density at radius 2 is 1.76 bits per heavy atom. The van der Waals surface area contributed by atoms with Crippen LogP contribution in [0.5, 0.6) is 0 Å². The van der Waals surface area contributed by atoms with E-state index in [4.69, 9.17) is 10.9 Å². The first kappa shape index (κ1) is 17.2. The molecule has 5 nitrogen and oxygen atoms in total. The van der Waals surface area contributed by atoms with Crippen LogP contribution in [0.15, 0.2) is 17.3 Å². The molecule has 0 aliphatic rings. The van der Waals surface area contributed by atoms with E-state index in [1.165, 1.54) is 0 Å². The molecule has 1 aromatic rings. The predicted molar refractivity (Wildman–Crippen MR) is 79.9 cm³/mol. The van der Waals surface area contributed by atoms with Crippen molar-refractivity contribution in [2.24, 2.45) is 10.9 Å². The third-order valence-corrected chi connectivity index (χ3v) is 3.05. The normalized spacial score (nSPS) is 12.0. The Morgan fingerprint density at radius 3 is 2.19 bits per heavy atom. The number of oxime groups is 1. The van der Waals surface area contributed by atoms with Crippen molar-refractivity contribution in [3.8, 4) is 0 Å². The fraction of sp³-hybridized carbons (Fsp3) is 0.500. The van der Waals surface area contributed by atoms with Gasteiger partial charge in [-0.2, -0.15) is 0 Å². The van der Waals surface area contributed by atoms with Crippen molar-refractivity contribution in [3.63, 3.8) is 0 Å². The third-order valence-electron chi connectivity index (χ3n) is 3.05. The predicted octanol–water partition coefficient (Wildman–Crippen LogP) is 1.84. The molecule has 0 atom stereocenters. The van der Waals surface area contributed by atoms with Gasteiger partial charge in [0.2, 0.25) is 0 Å². The summed E-state index contributed by atoms with van der Waals surface area (Å²) >= 11 is 0. The van der Waals surface area contributed by atoms with Crippen LogP contribution >= 0.6 is 0 Å². The molecule has 1 aromatic carbocycles. The van der Waals surface area contributed by atoms with Gasteiger partial charge in [0.15, 0.2) is 5.84 Å². The van der Waals surface area contributed by atoms with E-state index in [1.807, 2.05) is 25.9 Å². The van der Waals surface area contributed by atoms with E-state index in [0.717, 1.165) is 18.6 Å². The van der Waals surface area contributed by atoms with Crippen LogP contribution in [0.1, 0.15) is 18.9 Å². The molecular formula is C14H22F2N4O. The molecule has 0 fully saturated rings. The first-order chi connectivity index (χ1) is 9.90. The standard InChI is InChI=1S/C14H22F2N4O/c1-4-5-20(7-6-19(2)3)13-11(15)8-10(9-12(13)16)14(17)18-21/h8-9,21H,4-7H2,1-3H3,(H2,17,18). The summed E-state index contributed by atoms with van der Waals surface area (Å²) in [6, 6.07) is 2.15. The number of anilines is 1. The maximum absolute atomic E-state index is 14.2. The summed E-state index contributed by atoms with van der Waals surface area (Å²) in [5.74, 6) is -1.76. The summed E-state index contributed by atoms with van der Waals surface area (Å²) in [6.45, 7) is 3.69. The third kappa shape index (κ3) is 4.56. The van der Waals surface area contributed by atoms with Gasteiger partial charge in [-0.1, -0.05) is 12.1 Å². The Labute approximate surface area is 123 Å². The molecule has 7 heteroatoms. The Morgan fingerprint density at radius 1 is 1.19 bits per heavy atom. The second-order valence-electron chi connectivity index (χ2n) is 5.06. The van der Waals surface area contributed by atoms with Crippen molar-refractivity contribution in [3.05, 3.63) is 29.3 Å². The van der Waals surface area contributed by atoms with E-state index in [2.05, 4.69) is 5.16 Å². The summed E-state index contributed by atoms with van der Waals surface area (Å²) in [5, 5.41) is 11.3. The van der Waals surface area contributed by atoms with Gasteiger partial charge in [-0.3, -0.25) is 0 Å². The molecule has 0 heterocycles. The van der Waals surface area contributed by atoms with E-state index >= 15 is 0 Å². The zero-order chi connectivity index (χ0) is 16.0. The van der Waals surface area contributed by atoms with Crippen LogP contribution in [-0.4, -0.2) is 49.7 Å². The number of rotatable bonds is 7. The summed E-state index contributed by atoms with van der Waals surface area (Å²) in [6.07, 6.45) is 0.772. The van der Waals surface area contributed by atoms with Gasteiger partial charge in [-0.05, 0) is 32.6 Å². The highest BCUT2D eigenvalue weighted by Gasteiger charge is 2.18. The second-order valence-corrected chi connectivity index (χ2v) is 5.06. The summed E-state index contributed by atoms with van der Waals surface area (Å²) in [7, 11) is 3.80. The van der Waals surface area contributed by atoms with E-state index in [9.17, 15) is 8.78 Å². The molecular weight excluding hydrogens is 278 g/mol. The largest absolute Gasteiger partial charge is 0.409 e. The minimum atomic E-state index is -0.719. The fourth-order valence-electron chi connectivity index (χ4n) is 2.00. The van der Waals surface area contributed by atoms with Gasteiger partial charge in [-0.25, -0.2) is 8.78 Å². The number of nitrogens with two attached hydrogens (primary N) is 1. The first-order valence-corrected chi connectivity index (χ1v) is 6.77. The zero-order valence-electron chi connectivity index (χ0n) is 12.6. The van der Waals surface area contributed by atoms with Crippen LogP contribution in [0.4, 0.5) is 14.5 Å². The minimum Gasteiger partial charge on any atom is -0.409 e. The van der Waals surface area contributed by atoms with Crippen LogP contribution < -0.4 is 10.6 Å². The number of benzene rings is 1. The average molecular weight is 300 g/mol. The van der Waals surface area contributed by atoms with Gasteiger partial charge in [0.25, 0.3) is 0 Å². The van der Waals surface area contributed by atoms with Gasteiger partial charge in [0.05, 0.1) is 0 Å². The highest BCUT2D eigenvalue weighted by atomic mass is 19.1. The van der Waals surface area contributed by atoms with Crippen molar-refractivity contribution in [1.82, 2.24) is 4.90 Å². The number of amidine groups is 1. The Bertz CT molecular complexity index is 483. The lowest BCUT2D eigenvalue weighted by Crippen LogP contribution is -2.33. The van der Waals surface area contributed by atoms with Crippen LogP contribution in [0.3, 0.4) is 0 Å². The van der Waals surface area contributed by atoms with E-state index in [0.29, 0.717) is 19.6 Å². The lowest BCUT2D eigenvalue weighted by Gasteiger charge is -2.27. The number of nitrogens with zero attached hydrogens (tertiary/aromatic N) is 3. The van der Waals surface area contributed by atoms with Crippen LogP contribution in [-0.2, 0) is 0 Å². The number of hydrogen-bond acceptors (Lipinski definition) is 4. The smallest absolute Gasteiger partial charge is 0.170 e. The molecule has 0 bridgehead atoms. The highest BCUT2D eigenvalue weighted by Crippen LogP contribution is 2.25. The van der Waals surface area contributed by atoms with Gasteiger partial charge >= 0.3 is 0 Å². The Hall–Kier alpha value is -1.89. The van der Waals surface area contributed by atoms with Crippen LogP contribution in [0.2, 0.25) is 0 Å². The van der Waals surface area contributed by atoms with Gasteiger partial charge in [0, 0.05) is 25.2 Å². The maximum atomic E-state index is 14.2. The van der Waals surface area contributed by atoms with Crippen molar-refractivity contribution in [2.75, 3.05) is 38.6 Å². The van der Waals surface area contributed by atoms with Gasteiger partial charge < -0.3 is 20.7 Å². The molecule has 0 aliphatic carbocycles. The lowest BCUT2D eigenvalue weighted by molar-refractivity contribution is 0.318. The molecule has 3 N–H and O–H groups in total. The summed E-state index contributed by atoms with van der Waals surface area (Å²) in [5.41, 5.74) is 5.30. The molecule has 0 radical (unpaired) electrons. The number of likely N-dealkylation sites (N-methyl/N-ethyl adjacent to an activating group) is 1. The Balaban J connectivity index is 3.13. The van der Waals surface area contributed by atoms with Crippen molar-refractivity contribution >= 4 is 11.5 Å². The van der Waals surface area contributed by atoms with Crippen LogP contribution in [0.25, 0.3) is 0 Å². The topological polar surface area (TPSA) is 65.1 Å². The molecule has 0 unspecified atom stereocenters. The highest BCUT2D eigenvalue weighted by molar-refractivity contribution is 5.97. The second kappa shape index (κ2) is 7.78. The maximum Gasteiger partial charge on any atom is 0.170 e. The molecule has 0 aliphatic heterocycles. The molecule has 0 saturated heterocycles. The molecule has 21 heavy (non-hydrogen) atoms. The SMILES string of the molecule is CCCN(CCN(C)C)c1c(F)cc(C(N)=NO)cc1F. The lowest BCUT2D eigenvalue weighted by atomic mass is 10.1. The fourth-order valence-corrected chi connectivity index (χ4v) is 2.00. The van der Waals surface area contributed by atoms with Gasteiger partial charge in [-0.15, -0.1) is 0 Å². The van der Waals surface area contributed by atoms with Crippen LogP contribution in [0, 0.1) is 11.6 Å². The molecule has 0 spiro atoms. The molecule has 0 amide bonds. The number of halogens is 2. The summed E-state index contributed by atoms with van der Waals surface area (Å²) in [4.78, 5) is 3.62. The quantitative estimate of drug-likeness (QED) is 0.349. The average Bonchev–Trinajstić information content (AvgIpc) is 2.42. The zero-order valence-corrected chi connectivity index (χ0v) is 12.6. The minimum absolute atomic E-state index is 0.0142. The molecule has 1 rings (SSSR count). The van der Waals surface area contributed by atoms with Crippen molar-refractivity contribution in [1.29, 1.82) is 0 Å². The van der Waals surface area contributed by atoms with Crippen molar-refractivity contribution < 1.29 is 14.0 Å². The monoisotopic (exact) mass is 300 g/mol. The van der Waals surface area contributed by atoms with E-state index < -0.39 is 11.6 Å². The summed E-state index contributed by atoms with van der Waals surface area (Å²) < 4.78 is 28.4. The molecule has 0 aromatic heterocycles. The first-order valence-electron chi connectivity index (χ1n) is 6.77. The van der Waals surface area contributed by atoms with E-state index in [-0.39, 0.29) is 17.1 Å². The van der Waals surface area contributed by atoms with Crippen molar-refractivity contribution in [2.45, 2.75) is 13.3 Å². The number of hydrogen-bond donors (Lipinski definition) is 2. The van der Waals surface area contributed by atoms with E-state index in [1.54, 1.807) is 4.90 Å². The molecule has 118 valence electrons. The Kier molecular flexibility index (Phi) is 6.36. The molecule has 0 saturated carbocycles.